The van der Waals surface area contributed by atoms with Gasteiger partial charge in [-0.25, -0.2) is 0 Å². The maximum absolute atomic E-state index is 13.8. The van der Waals surface area contributed by atoms with Gasteiger partial charge in [-0.05, 0) is 52.9 Å². The number of amides is 2. The van der Waals surface area contributed by atoms with Crippen LogP contribution < -0.4 is 14.8 Å². The summed E-state index contributed by atoms with van der Waals surface area (Å²) in [7, 11) is 3.24. The van der Waals surface area contributed by atoms with E-state index in [0.717, 1.165) is 33.8 Å². The summed E-state index contributed by atoms with van der Waals surface area (Å²) in [4.78, 5) is 29.3. The van der Waals surface area contributed by atoms with Gasteiger partial charge in [0.25, 0.3) is 0 Å². The van der Waals surface area contributed by atoms with E-state index in [2.05, 4.69) is 5.32 Å². The maximum Gasteiger partial charge on any atom is 0.247 e. The lowest BCUT2D eigenvalue weighted by Crippen LogP contribution is -2.43. The molecule has 6 nitrogen and oxygen atoms in total. The molecule has 0 aromatic heterocycles. The highest BCUT2D eigenvalue weighted by Crippen LogP contribution is 2.26. The Morgan fingerprint density at radius 2 is 1.23 bits per heavy atom. The lowest BCUT2D eigenvalue weighted by Gasteiger charge is -2.32. The molecule has 0 saturated heterocycles. The fourth-order valence-electron chi connectivity index (χ4n) is 4.43. The lowest BCUT2D eigenvalue weighted by atomic mass is 10.0. The topological polar surface area (TPSA) is 67.9 Å². The number of nitrogens with zero attached hydrogens (tertiary/aromatic N) is 1. The van der Waals surface area contributed by atoms with E-state index < -0.39 is 6.04 Å². The zero-order chi connectivity index (χ0) is 27.5. The number of ether oxygens (including phenoxy) is 2. The molecule has 4 aromatic carbocycles. The van der Waals surface area contributed by atoms with E-state index in [1.165, 1.54) is 0 Å². The first-order valence-corrected chi connectivity index (χ1v) is 13.0. The molecular formula is C33H34N2O4. The van der Waals surface area contributed by atoms with Crippen molar-refractivity contribution in [1.82, 2.24) is 10.2 Å². The second-order valence-electron chi connectivity index (χ2n) is 9.23. The molecule has 39 heavy (non-hydrogen) atoms. The van der Waals surface area contributed by atoms with Crippen LogP contribution in [0.1, 0.15) is 34.7 Å². The summed E-state index contributed by atoms with van der Waals surface area (Å²) in [5.74, 6) is 1.15. The normalized spacial score (nSPS) is 11.3. The number of carbonyl (C=O) groups is 2. The van der Waals surface area contributed by atoms with Gasteiger partial charge in [-0.1, -0.05) is 84.9 Å². The number of carbonyl (C=O) groups excluding carboxylic acids is 2. The first kappa shape index (κ1) is 27.5. The Labute approximate surface area is 230 Å². The first-order valence-electron chi connectivity index (χ1n) is 13.0. The number of rotatable bonds is 12. The van der Waals surface area contributed by atoms with E-state index in [1.54, 1.807) is 19.1 Å². The van der Waals surface area contributed by atoms with Gasteiger partial charge in [-0.15, -0.1) is 0 Å². The zero-order valence-electron chi connectivity index (χ0n) is 22.4. The van der Waals surface area contributed by atoms with Crippen molar-refractivity contribution < 1.29 is 19.1 Å². The van der Waals surface area contributed by atoms with Gasteiger partial charge in [0.15, 0.2) is 0 Å². The van der Waals surface area contributed by atoms with E-state index in [9.17, 15) is 9.59 Å². The van der Waals surface area contributed by atoms with E-state index in [1.807, 2.05) is 109 Å². The summed E-state index contributed by atoms with van der Waals surface area (Å²) in [6.07, 6.45) is 0.878. The van der Waals surface area contributed by atoms with Gasteiger partial charge in [0.2, 0.25) is 11.8 Å². The minimum Gasteiger partial charge on any atom is -0.497 e. The summed E-state index contributed by atoms with van der Waals surface area (Å²) in [6, 6.07) is 33.7. The molecule has 0 saturated carbocycles. The molecule has 2 amide bonds. The molecule has 0 aliphatic rings. The van der Waals surface area contributed by atoms with Crippen molar-refractivity contribution in [3.05, 3.63) is 131 Å². The summed E-state index contributed by atoms with van der Waals surface area (Å²) in [6.45, 7) is 0.619. The second kappa shape index (κ2) is 13.8. The monoisotopic (exact) mass is 522 g/mol. The Kier molecular flexibility index (Phi) is 9.73. The van der Waals surface area contributed by atoms with Crippen LogP contribution in [0.5, 0.6) is 11.5 Å². The summed E-state index contributed by atoms with van der Waals surface area (Å²) < 4.78 is 10.5. The molecule has 0 aliphatic heterocycles. The smallest absolute Gasteiger partial charge is 0.247 e. The van der Waals surface area contributed by atoms with Gasteiger partial charge >= 0.3 is 0 Å². The van der Waals surface area contributed by atoms with Crippen molar-refractivity contribution in [3.8, 4) is 11.5 Å². The van der Waals surface area contributed by atoms with E-state index in [0.29, 0.717) is 13.0 Å². The third kappa shape index (κ3) is 7.71. The van der Waals surface area contributed by atoms with E-state index in [4.69, 9.17) is 9.47 Å². The quantitative estimate of drug-likeness (QED) is 0.258. The molecule has 0 heterocycles. The van der Waals surface area contributed by atoms with Crippen molar-refractivity contribution in [2.45, 2.75) is 32.0 Å². The van der Waals surface area contributed by atoms with Crippen molar-refractivity contribution in [2.24, 2.45) is 0 Å². The molecular weight excluding hydrogens is 488 g/mol. The number of hydrogen-bond acceptors (Lipinski definition) is 4. The Morgan fingerprint density at radius 3 is 1.79 bits per heavy atom. The van der Waals surface area contributed by atoms with Crippen LogP contribution in [-0.2, 0) is 29.1 Å². The van der Waals surface area contributed by atoms with Gasteiger partial charge in [-0.3, -0.25) is 9.59 Å². The molecule has 0 radical (unpaired) electrons. The predicted molar refractivity (Wildman–Crippen MR) is 152 cm³/mol. The van der Waals surface area contributed by atoms with E-state index >= 15 is 0 Å². The minimum atomic E-state index is -0.796. The van der Waals surface area contributed by atoms with Crippen LogP contribution in [0.15, 0.2) is 109 Å². The maximum atomic E-state index is 13.8. The molecule has 0 fully saturated rings. The molecule has 0 spiro atoms. The van der Waals surface area contributed by atoms with Gasteiger partial charge < -0.3 is 19.7 Å². The van der Waals surface area contributed by atoms with E-state index in [-0.39, 0.29) is 24.8 Å². The highest BCUT2D eigenvalue weighted by molar-refractivity contribution is 5.88. The van der Waals surface area contributed by atoms with Crippen LogP contribution in [-0.4, -0.2) is 30.9 Å². The largest absolute Gasteiger partial charge is 0.497 e. The van der Waals surface area contributed by atoms with Crippen molar-refractivity contribution in [1.29, 1.82) is 0 Å². The molecule has 6 heteroatoms. The first-order chi connectivity index (χ1) is 19.1. The van der Waals surface area contributed by atoms with Crippen LogP contribution in [0.2, 0.25) is 0 Å². The number of hydrogen-bond donors (Lipinski definition) is 1. The van der Waals surface area contributed by atoms with Gasteiger partial charge in [0.05, 0.1) is 14.2 Å². The standard InChI is InChI=1S/C33H34N2O4/c1-38-29-18-13-26(14-19-29)23-34-33(37)32(28-11-7-4-8-12-28)35(24-27-15-20-30(39-2)21-16-27)31(36)22-17-25-9-5-3-6-10-25/h3-16,18-21,32H,17,22-24H2,1-2H3,(H,34,37). The van der Waals surface area contributed by atoms with Crippen LogP contribution in [0, 0.1) is 0 Å². The molecule has 4 aromatic rings. The molecule has 0 aliphatic carbocycles. The molecule has 1 N–H and O–H groups in total. The van der Waals surface area contributed by atoms with Gasteiger partial charge in [0, 0.05) is 19.5 Å². The van der Waals surface area contributed by atoms with Crippen LogP contribution in [0.3, 0.4) is 0 Å². The average molecular weight is 523 g/mol. The van der Waals surface area contributed by atoms with Crippen LogP contribution in [0.25, 0.3) is 0 Å². The fraction of sp³-hybridized carbons (Fsp3) is 0.212. The molecule has 1 unspecified atom stereocenters. The number of methoxy groups -OCH3 is 2. The number of nitrogens with one attached hydrogen (secondary N) is 1. The second-order valence-corrected chi connectivity index (χ2v) is 9.23. The third-order valence-electron chi connectivity index (χ3n) is 6.60. The summed E-state index contributed by atoms with van der Waals surface area (Å²) >= 11 is 0. The fourth-order valence-corrected chi connectivity index (χ4v) is 4.43. The van der Waals surface area contributed by atoms with Gasteiger partial charge in [-0.2, -0.15) is 0 Å². The summed E-state index contributed by atoms with van der Waals surface area (Å²) in [5.41, 5.74) is 3.68. The predicted octanol–water partition coefficient (Wildman–Crippen LogP) is 5.72. The Hall–Kier alpha value is -4.58. The average Bonchev–Trinajstić information content (AvgIpc) is 3.00. The highest BCUT2D eigenvalue weighted by atomic mass is 16.5. The Balaban J connectivity index is 1.61. The van der Waals surface area contributed by atoms with Crippen LogP contribution >= 0.6 is 0 Å². The number of benzene rings is 4. The third-order valence-corrected chi connectivity index (χ3v) is 6.60. The number of aryl methyl sites for hydroxylation is 1. The Bertz CT molecular complexity index is 1320. The lowest BCUT2D eigenvalue weighted by molar-refractivity contribution is -0.141. The van der Waals surface area contributed by atoms with Crippen molar-refractivity contribution in [2.75, 3.05) is 14.2 Å². The van der Waals surface area contributed by atoms with Gasteiger partial charge in [0.1, 0.15) is 17.5 Å². The zero-order valence-corrected chi connectivity index (χ0v) is 22.4. The van der Waals surface area contributed by atoms with Crippen molar-refractivity contribution in [3.63, 3.8) is 0 Å². The SMILES string of the molecule is COc1ccc(CNC(=O)C(c2ccccc2)N(Cc2ccc(OC)cc2)C(=O)CCc2ccccc2)cc1. The summed E-state index contributed by atoms with van der Waals surface area (Å²) in [5, 5.41) is 3.05. The molecule has 1 atom stereocenters. The molecule has 200 valence electrons. The molecule has 4 rings (SSSR count). The minimum absolute atomic E-state index is 0.0943. The van der Waals surface area contributed by atoms with Crippen LogP contribution in [0.4, 0.5) is 0 Å². The van der Waals surface area contributed by atoms with Crippen molar-refractivity contribution >= 4 is 11.8 Å². The highest BCUT2D eigenvalue weighted by Gasteiger charge is 2.31. The molecule has 0 bridgehead atoms. The Morgan fingerprint density at radius 1 is 0.692 bits per heavy atom.